The number of alkyl halides is 4. The number of hydrogen-bond acceptors (Lipinski definition) is 3. The van der Waals surface area contributed by atoms with Crippen LogP contribution in [0, 0.1) is 5.41 Å². The molecule has 0 radical (unpaired) electrons. The van der Waals surface area contributed by atoms with E-state index in [1.54, 1.807) is 6.92 Å². The summed E-state index contributed by atoms with van der Waals surface area (Å²) in [6, 6.07) is 3.72. The van der Waals surface area contributed by atoms with Crippen LogP contribution in [0.2, 0.25) is 0 Å². The third-order valence-corrected chi connectivity index (χ3v) is 3.77. The minimum atomic E-state index is -4.53. The van der Waals surface area contributed by atoms with Gasteiger partial charge >= 0.3 is 12.1 Å². The van der Waals surface area contributed by atoms with E-state index in [4.69, 9.17) is 17.0 Å². The number of nitrogens with one attached hydrogen (secondary N) is 1. The maximum absolute atomic E-state index is 13.0. The van der Waals surface area contributed by atoms with E-state index in [2.05, 4.69) is 20.7 Å². The van der Waals surface area contributed by atoms with Gasteiger partial charge in [-0.15, -0.1) is 11.6 Å². The molecule has 1 aromatic carbocycles. The Hall–Kier alpha value is -1.08. The molecule has 0 saturated carbocycles. The van der Waals surface area contributed by atoms with Gasteiger partial charge in [-0.25, -0.2) is 4.79 Å². The van der Waals surface area contributed by atoms with Gasteiger partial charge in [0.25, 0.3) is 0 Å². The van der Waals surface area contributed by atoms with Crippen LogP contribution in [0.1, 0.15) is 36.3 Å². The fourth-order valence-corrected chi connectivity index (χ4v) is 2.45. The number of halogens is 5. The van der Waals surface area contributed by atoms with E-state index >= 15 is 0 Å². The molecule has 1 aromatic rings. The quantitative estimate of drug-likeness (QED) is 0.410. The van der Waals surface area contributed by atoms with Crippen molar-refractivity contribution in [3.05, 3.63) is 33.8 Å². The second-order valence-electron chi connectivity index (χ2n) is 4.43. The van der Waals surface area contributed by atoms with E-state index in [9.17, 15) is 18.0 Å². The standard InChI is InChI=1S/C14H14BrClF3NO2/c1-2-22-13(21)12(20)6-5-11(16)9-4-3-8(15)7-10(9)14(17,18)19/h3-4,7,11,20H,2,5-6H2,1H3. The summed E-state index contributed by atoms with van der Waals surface area (Å²) in [5.74, 6) is -0.779. The molecule has 3 nitrogen and oxygen atoms in total. The van der Waals surface area contributed by atoms with Crippen molar-refractivity contribution < 1.29 is 22.7 Å². The normalized spacial score (nSPS) is 12.8. The monoisotopic (exact) mass is 399 g/mol. The third-order valence-electron chi connectivity index (χ3n) is 2.83. The maximum atomic E-state index is 13.0. The highest BCUT2D eigenvalue weighted by Crippen LogP contribution is 2.39. The molecule has 0 saturated heterocycles. The molecule has 1 unspecified atom stereocenters. The Labute approximate surface area is 139 Å². The molecule has 0 bridgehead atoms. The number of esters is 1. The Morgan fingerprint density at radius 3 is 2.64 bits per heavy atom. The largest absolute Gasteiger partial charge is 0.462 e. The first kappa shape index (κ1) is 19.0. The average Bonchev–Trinajstić information content (AvgIpc) is 2.43. The highest BCUT2D eigenvalue weighted by molar-refractivity contribution is 9.10. The van der Waals surface area contributed by atoms with Crippen molar-refractivity contribution in [3.63, 3.8) is 0 Å². The van der Waals surface area contributed by atoms with Gasteiger partial charge in [0.1, 0.15) is 5.71 Å². The highest BCUT2D eigenvalue weighted by atomic mass is 79.9. The first-order valence-corrected chi connectivity index (χ1v) is 7.65. The predicted molar refractivity (Wildman–Crippen MR) is 81.3 cm³/mol. The molecule has 0 fully saturated rings. The zero-order chi connectivity index (χ0) is 16.9. The Kier molecular flexibility index (Phi) is 6.87. The Morgan fingerprint density at radius 2 is 2.09 bits per heavy atom. The zero-order valence-electron chi connectivity index (χ0n) is 11.6. The number of ether oxygens (including phenoxy) is 1. The second kappa shape index (κ2) is 7.97. The van der Waals surface area contributed by atoms with Gasteiger partial charge in [-0.1, -0.05) is 22.0 Å². The average molecular weight is 401 g/mol. The summed E-state index contributed by atoms with van der Waals surface area (Å²) in [7, 11) is 0. The number of benzene rings is 1. The molecule has 0 aliphatic carbocycles. The van der Waals surface area contributed by atoms with E-state index in [1.807, 2.05) is 0 Å². The van der Waals surface area contributed by atoms with Crippen LogP contribution in [0.5, 0.6) is 0 Å². The molecule has 0 aromatic heterocycles. The van der Waals surface area contributed by atoms with Crippen molar-refractivity contribution in [2.24, 2.45) is 0 Å². The van der Waals surface area contributed by atoms with Crippen LogP contribution in [0.15, 0.2) is 22.7 Å². The van der Waals surface area contributed by atoms with E-state index in [0.717, 1.165) is 6.07 Å². The Bertz CT molecular complexity index is 564. The summed E-state index contributed by atoms with van der Waals surface area (Å²) in [5.41, 5.74) is -1.21. The van der Waals surface area contributed by atoms with Gasteiger partial charge < -0.3 is 4.74 Å². The smallest absolute Gasteiger partial charge is 0.416 e. The fourth-order valence-electron chi connectivity index (χ4n) is 1.79. The summed E-state index contributed by atoms with van der Waals surface area (Å²) in [6.45, 7) is 1.74. The van der Waals surface area contributed by atoms with E-state index < -0.39 is 23.1 Å². The third kappa shape index (κ3) is 5.28. The zero-order valence-corrected chi connectivity index (χ0v) is 14.0. The molecular weight excluding hydrogens is 387 g/mol. The van der Waals surface area contributed by atoms with Crippen LogP contribution in [0.4, 0.5) is 13.2 Å². The minimum absolute atomic E-state index is 0.0317. The second-order valence-corrected chi connectivity index (χ2v) is 5.88. The Morgan fingerprint density at radius 1 is 1.45 bits per heavy atom. The molecule has 1 rings (SSSR count). The van der Waals surface area contributed by atoms with Gasteiger partial charge in [-0.2, -0.15) is 13.2 Å². The summed E-state index contributed by atoms with van der Waals surface area (Å²) in [5, 5.41) is 6.54. The van der Waals surface area contributed by atoms with Crippen molar-refractivity contribution in [2.75, 3.05) is 6.61 Å². The maximum Gasteiger partial charge on any atom is 0.416 e. The summed E-state index contributed by atoms with van der Waals surface area (Å²) >= 11 is 9.03. The van der Waals surface area contributed by atoms with Crippen molar-refractivity contribution >= 4 is 39.2 Å². The number of carbonyl (C=O) groups is 1. The number of carbonyl (C=O) groups excluding carboxylic acids is 1. The van der Waals surface area contributed by atoms with Crippen molar-refractivity contribution in [2.45, 2.75) is 31.3 Å². The minimum Gasteiger partial charge on any atom is -0.462 e. The molecule has 0 aliphatic heterocycles. The van der Waals surface area contributed by atoms with Gasteiger partial charge in [0.05, 0.1) is 17.5 Å². The molecule has 122 valence electrons. The van der Waals surface area contributed by atoms with Crippen LogP contribution < -0.4 is 0 Å². The molecule has 22 heavy (non-hydrogen) atoms. The first-order chi connectivity index (χ1) is 10.2. The number of rotatable bonds is 6. The van der Waals surface area contributed by atoms with Gasteiger partial charge in [0, 0.05) is 4.47 Å². The van der Waals surface area contributed by atoms with Crippen LogP contribution in [-0.4, -0.2) is 18.3 Å². The molecule has 8 heteroatoms. The van der Waals surface area contributed by atoms with Gasteiger partial charge in [0.2, 0.25) is 0 Å². The summed E-state index contributed by atoms with van der Waals surface area (Å²) in [4.78, 5) is 11.3. The van der Waals surface area contributed by atoms with Crippen molar-refractivity contribution in [1.82, 2.24) is 0 Å². The number of hydrogen-bond donors (Lipinski definition) is 1. The molecule has 0 spiro atoms. The molecule has 1 atom stereocenters. The lowest BCUT2D eigenvalue weighted by molar-refractivity contribution is -0.138. The molecular formula is C14H14BrClF3NO2. The fraction of sp³-hybridized carbons (Fsp3) is 0.429. The lowest BCUT2D eigenvalue weighted by Crippen LogP contribution is -2.17. The van der Waals surface area contributed by atoms with Crippen molar-refractivity contribution in [3.8, 4) is 0 Å². The van der Waals surface area contributed by atoms with Crippen LogP contribution in [-0.2, 0) is 15.7 Å². The first-order valence-electron chi connectivity index (χ1n) is 6.42. The van der Waals surface area contributed by atoms with E-state index in [0.29, 0.717) is 4.47 Å². The van der Waals surface area contributed by atoms with Gasteiger partial charge in [-0.3, -0.25) is 5.41 Å². The molecule has 0 aliphatic rings. The summed E-state index contributed by atoms with van der Waals surface area (Å²) in [6.07, 6.45) is -4.55. The van der Waals surface area contributed by atoms with Gasteiger partial charge in [-0.05, 0) is 37.5 Å². The van der Waals surface area contributed by atoms with E-state index in [-0.39, 0.29) is 30.7 Å². The lowest BCUT2D eigenvalue weighted by atomic mass is 10.00. The topological polar surface area (TPSA) is 50.2 Å². The van der Waals surface area contributed by atoms with Crippen LogP contribution in [0.3, 0.4) is 0 Å². The Balaban J connectivity index is 2.84. The van der Waals surface area contributed by atoms with Crippen LogP contribution in [0.25, 0.3) is 0 Å². The highest BCUT2D eigenvalue weighted by Gasteiger charge is 2.35. The summed E-state index contributed by atoms with van der Waals surface area (Å²) < 4.78 is 44.0. The SMILES string of the molecule is CCOC(=O)C(=N)CCC(Cl)c1ccc(Br)cc1C(F)(F)F. The predicted octanol–water partition coefficient (Wildman–Crippen LogP) is 5.11. The molecule has 1 N–H and O–H groups in total. The molecule has 0 amide bonds. The van der Waals surface area contributed by atoms with Crippen LogP contribution >= 0.6 is 27.5 Å². The molecule has 0 heterocycles. The van der Waals surface area contributed by atoms with E-state index in [1.165, 1.54) is 12.1 Å². The van der Waals surface area contributed by atoms with Crippen molar-refractivity contribution in [1.29, 1.82) is 5.41 Å². The van der Waals surface area contributed by atoms with Gasteiger partial charge in [0.15, 0.2) is 0 Å². The lowest BCUT2D eigenvalue weighted by Gasteiger charge is -2.17.